The molecule has 0 aliphatic rings. The van der Waals surface area contributed by atoms with Gasteiger partial charge in [-0.05, 0) is 48.4 Å². The monoisotopic (exact) mass is 553 g/mol. The van der Waals surface area contributed by atoms with E-state index in [0.29, 0.717) is 39.3 Å². The summed E-state index contributed by atoms with van der Waals surface area (Å²) >= 11 is 12.3. The van der Waals surface area contributed by atoms with Crippen LogP contribution in [0.5, 0.6) is 11.6 Å². The Labute approximate surface area is 229 Å². The van der Waals surface area contributed by atoms with Crippen molar-refractivity contribution in [3.8, 4) is 28.6 Å². The summed E-state index contributed by atoms with van der Waals surface area (Å²) in [5.74, 6) is -0.573. The first-order chi connectivity index (χ1) is 18.3. The van der Waals surface area contributed by atoms with Crippen LogP contribution in [0.3, 0.4) is 0 Å². The average Bonchev–Trinajstić information content (AvgIpc) is 3.33. The Hall–Kier alpha value is -4.08. The number of nitrogens with two attached hydrogens (primary N) is 1. The van der Waals surface area contributed by atoms with Gasteiger partial charge in [0, 0.05) is 36.9 Å². The van der Waals surface area contributed by atoms with Crippen LogP contribution in [0, 0.1) is 0 Å². The first-order valence-corrected chi connectivity index (χ1v) is 12.5. The summed E-state index contributed by atoms with van der Waals surface area (Å²) < 4.78 is 7.57. The van der Waals surface area contributed by atoms with Crippen LogP contribution in [0.1, 0.15) is 18.4 Å². The molecule has 0 spiro atoms. The number of amides is 2. The molecule has 11 heteroatoms. The van der Waals surface area contributed by atoms with Crippen LogP contribution in [0.2, 0.25) is 10.0 Å². The minimum Gasteiger partial charge on any atom is -0.508 e. The summed E-state index contributed by atoms with van der Waals surface area (Å²) in [6.45, 7) is 0.202. The molecule has 4 aromatic rings. The van der Waals surface area contributed by atoms with Gasteiger partial charge in [0.05, 0.1) is 28.0 Å². The first-order valence-electron chi connectivity index (χ1n) is 11.8. The Bertz CT molecular complexity index is 1430. The number of benzene rings is 2. The molecular formula is C27H25Cl2N5O4. The smallest absolute Gasteiger partial charge is 0.240 e. The molecule has 2 aromatic heterocycles. The third kappa shape index (κ3) is 6.81. The van der Waals surface area contributed by atoms with Crippen molar-refractivity contribution in [2.75, 3.05) is 6.61 Å². The van der Waals surface area contributed by atoms with E-state index in [0.717, 1.165) is 5.56 Å². The Morgan fingerprint density at radius 1 is 1.08 bits per heavy atom. The van der Waals surface area contributed by atoms with Gasteiger partial charge in [0.2, 0.25) is 17.7 Å². The zero-order valence-electron chi connectivity index (χ0n) is 20.2. The summed E-state index contributed by atoms with van der Waals surface area (Å²) in [5.41, 5.74) is 8.07. The van der Waals surface area contributed by atoms with Crippen LogP contribution in [0.4, 0.5) is 0 Å². The predicted octanol–water partition coefficient (Wildman–Crippen LogP) is 4.32. The molecule has 1 atom stereocenters. The summed E-state index contributed by atoms with van der Waals surface area (Å²) in [6.07, 6.45) is 3.92. The molecule has 0 unspecified atom stereocenters. The van der Waals surface area contributed by atoms with E-state index in [2.05, 4.69) is 15.4 Å². The number of primary amides is 1. The summed E-state index contributed by atoms with van der Waals surface area (Å²) in [7, 11) is 0. The Balaban J connectivity index is 1.40. The van der Waals surface area contributed by atoms with Gasteiger partial charge in [0.15, 0.2) is 0 Å². The molecule has 0 aliphatic carbocycles. The minimum absolute atomic E-state index is 0.0330. The van der Waals surface area contributed by atoms with Crippen LogP contribution in [0.15, 0.2) is 73.1 Å². The van der Waals surface area contributed by atoms with Crippen LogP contribution < -0.4 is 15.8 Å². The van der Waals surface area contributed by atoms with E-state index in [1.807, 2.05) is 12.1 Å². The highest BCUT2D eigenvalue weighted by Gasteiger charge is 2.20. The van der Waals surface area contributed by atoms with Crippen molar-refractivity contribution in [2.24, 2.45) is 5.73 Å². The lowest BCUT2D eigenvalue weighted by atomic mass is 10.0. The second-order valence-corrected chi connectivity index (χ2v) is 9.24. The second-order valence-electron chi connectivity index (χ2n) is 8.43. The lowest BCUT2D eigenvalue weighted by Gasteiger charge is -2.16. The van der Waals surface area contributed by atoms with Gasteiger partial charge in [-0.3, -0.25) is 14.6 Å². The van der Waals surface area contributed by atoms with Crippen LogP contribution in [-0.4, -0.2) is 44.3 Å². The fraction of sp³-hybridized carbons (Fsp3) is 0.185. The average molecular weight is 554 g/mol. The number of phenols is 1. The largest absolute Gasteiger partial charge is 0.508 e. The topological polar surface area (TPSA) is 132 Å². The van der Waals surface area contributed by atoms with Crippen LogP contribution >= 0.6 is 23.2 Å². The molecule has 4 N–H and O–H groups in total. The second kappa shape index (κ2) is 12.4. The summed E-state index contributed by atoms with van der Waals surface area (Å²) in [6, 6.07) is 16.2. The van der Waals surface area contributed by atoms with E-state index in [1.54, 1.807) is 59.5 Å². The van der Waals surface area contributed by atoms with E-state index >= 15 is 0 Å². The Morgan fingerprint density at radius 2 is 1.89 bits per heavy atom. The third-order valence-corrected chi connectivity index (χ3v) is 6.41. The van der Waals surface area contributed by atoms with E-state index in [4.69, 9.17) is 33.7 Å². The number of nitrogens with zero attached hydrogens (tertiary/aromatic N) is 3. The summed E-state index contributed by atoms with van der Waals surface area (Å²) in [4.78, 5) is 28.5. The number of nitrogens with one attached hydrogen (secondary N) is 1. The molecule has 0 saturated carbocycles. The molecular weight excluding hydrogens is 529 g/mol. The molecule has 38 heavy (non-hydrogen) atoms. The van der Waals surface area contributed by atoms with Crippen LogP contribution in [-0.2, 0) is 16.0 Å². The molecule has 0 bridgehead atoms. The van der Waals surface area contributed by atoms with Crippen molar-refractivity contribution < 1.29 is 19.4 Å². The number of hydrogen-bond acceptors (Lipinski definition) is 6. The van der Waals surface area contributed by atoms with Gasteiger partial charge in [-0.15, -0.1) is 0 Å². The van der Waals surface area contributed by atoms with Gasteiger partial charge < -0.3 is 20.9 Å². The maximum atomic E-state index is 12.5. The lowest BCUT2D eigenvalue weighted by molar-refractivity contribution is -0.127. The predicted molar refractivity (Wildman–Crippen MR) is 144 cm³/mol. The fourth-order valence-electron chi connectivity index (χ4n) is 3.73. The minimum atomic E-state index is -0.949. The zero-order chi connectivity index (χ0) is 27.1. The molecule has 2 heterocycles. The number of carbonyl (C=O) groups is 2. The van der Waals surface area contributed by atoms with Crippen molar-refractivity contribution >= 4 is 35.0 Å². The number of carbonyl (C=O) groups excluding carboxylic acids is 2. The quantitative estimate of drug-likeness (QED) is 0.237. The standard InChI is InChI=1S/C27H25Cl2N5O4/c28-20-10-9-19(14-21(20)29)34-26(15-22(33-34)18-6-3-11-31-16-18)38-12-4-8-25(36)32-23(27(30)37)13-17-5-1-2-7-24(17)35/h1-3,5-7,9-11,14-16,23,35H,4,8,12-13H2,(H2,30,37)(H,32,36)/t23-/m1/s1. The van der Waals surface area contributed by atoms with Crippen molar-refractivity contribution in [3.63, 3.8) is 0 Å². The van der Waals surface area contributed by atoms with Gasteiger partial charge in [-0.1, -0.05) is 41.4 Å². The number of aromatic hydroxyl groups is 1. The number of ether oxygens (including phenoxy) is 1. The lowest BCUT2D eigenvalue weighted by Crippen LogP contribution is -2.45. The van der Waals surface area contributed by atoms with E-state index in [9.17, 15) is 14.7 Å². The molecule has 0 radical (unpaired) electrons. The number of aromatic nitrogens is 3. The Morgan fingerprint density at radius 3 is 2.61 bits per heavy atom. The highest BCUT2D eigenvalue weighted by molar-refractivity contribution is 6.42. The normalized spacial score (nSPS) is 11.6. The summed E-state index contributed by atoms with van der Waals surface area (Å²) in [5, 5.41) is 18.0. The van der Waals surface area contributed by atoms with Gasteiger partial charge in [-0.25, -0.2) is 4.68 Å². The highest BCUT2D eigenvalue weighted by atomic mass is 35.5. The number of phenolic OH excluding ortho intramolecular Hbond substituents is 1. The van der Waals surface area contributed by atoms with Crippen molar-refractivity contribution in [2.45, 2.75) is 25.3 Å². The van der Waals surface area contributed by atoms with Gasteiger partial charge in [-0.2, -0.15) is 5.10 Å². The first kappa shape index (κ1) is 27.0. The molecule has 9 nitrogen and oxygen atoms in total. The number of halogens is 2. The zero-order valence-corrected chi connectivity index (χ0v) is 21.7. The fourth-order valence-corrected chi connectivity index (χ4v) is 4.02. The number of pyridine rings is 1. The highest BCUT2D eigenvalue weighted by Crippen LogP contribution is 2.29. The van der Waals surface area contributed by atoms with Crippen molar-refractivity contribution in [3.05, 3.63) is 88.7 Å². The molecule has 0 fully saturated rings. The van der Waals surface area contributed by atoms with E-state index in [1.165, 1.54) is 6.07 Å². The van der Waals surface area contributed by atoms with Crippen molar-refractivity contribution in [1.29, 1.82) is 0 Å². The third-order valence-electron chi connectivity index (χ3n) is 5.67. The van der Waals surface area contributed by atoms with Gasteiger partial charge in [0.1, 0.15) is 11.8 Å². The molecule has 0 saturated heterocycles. The molecule has 196 valence electrons. The number of rotatable bonds is 11. The molecule has 4 rings (SSSR count). The molecule has 2 aromatic carbocycles. The van der Waals surface area contributed by atoms with E-state index in [-0.39, 0.29) is 31.1 Å². The SMILES string of the molecule is NC(=O)[C@@H](Cc1ccccc1O)NC(=O)CCCOc1cc(-c2cccnc2)nn1-c1ccc(Cl)c(Cl)c1. The Kier molecular flexibility index (Phi) is 8.83. The van der Waals surface area contributed by atoms with Gasteiger partial charge in [0.25, 0.3) is 0 Å². The number of hydrogen-bond donors (Lipinski definition) is 3. The maximum absolute atomic E-state index is 12.5. The van der Waals surface area contributed by atoms with Gasteiger partial charge >= 0.3 is 0 Å². The molecule has 0 aliphatic heterocycles. The van der Waals surface area contributed by atoms with E-state index < -0.39 is 11.9 Å². The molecule has 2 amide bonds. The van der Waals surface area contributed by atoms with Crippen LogP contribution in [0.25, 0.3) is 16.9 Å². The maximum Gasteiger partial charge on any atom is 0.240 e. The number of para-hydroxylation sites is 1. The van der Waals surface area contributed by atoms with Crippen molar-refractivity contribution in [1.82, 2.24) is 20.1 Å².